The lowest BCUT2D eigenvalue weighted by atomic mass is 9.82. The van der Waals surface area contributed by atoms with E-state index in [1.54, 1.807) is 12.1 Å². The number of nitrogens with one attached hydrogen (secondary N) is 2. The van der Waals surface area contributed by atoms with Gasteiger partial charge >= 0.3 is 0 Å². The predicted molar refractivity (Wildman–Crippen MR) is 181 cm³/mol. The molecule has 0 bridgehead atoms. The number of rotatable bonds is 6. The topological polar surface area (TPSA) is 253 Å². The molecule has 5 aromatic carbocycles. The van der Waals surface area contributed by atoms with E-state index in [1.165, 1.54) is 60.7 Å². The highest BCUT2D eigenvalue weighted by molar-refractivity contribution is 7.86. The molecular weight excluding hydrogens is 689 g/mol. The molecule has 50 heavy (non-hydrogen) atoms. The molecule has 0 radical (unpaired) electrons. The van der Waals surface area contributed by atoms with Gasteiger partial charge in [-0.1, -0.05) is 48.5 Å². The average molecular weight is 711 g/mol. The summed E-state index contributed by atoms with van der Waals surface area (Å²) in [4.78, 5) is 52.5. The number of fused-ring (bicyclic) bond motifs is 4. The van der Waals surface area contributed by atoms with E-state index in [9.17, 15) is 45.1 Å². The lowest BCUT2D eigenvalue weighted by Gasteiger charge is -2.24. The Bertz CT molecular complexity index is 2450. The maximum absolute atomic E-state index is 13.6. The number of hydrogen-bond acceptors (Lipinski definition) is 12. The van der Waals surface area contributed by atoms with Gasteiger partial charge in [-0.3, -0.25) is 28.3 Å². The van der Waals surface area contributed by atoms with Crippen molar-refractivity contribution in [1.82, 2.24) is 0 Å². The number of ketones is 4. The van der Waals surface area contributed by atoms with Crippen LogP contribution in [0.15, 0.2) is 94.7 Å². The van der Waals surface area contributed by atoms with Crippen molar-refractivity contribution in [2.45, 2.75) is 9.79 Å². The fraction of sp³-hybridized carbons (Fsp3) is 0. The SMILES string of the molecule is Nc1c(S(=O)(=O)O)cc(Nc2ccc(Nc3cc(S(=O)(=O)O)c(N)c4c3C(=O)c3ccccc3C4=O)cc2)c2c1C(=O)c1ccccc1C2=O. The van der Waals surface area contributed by atoms with Crippen molar-refractivity contribution in [3.63, 3.8) is 0 Å². The zero-order valence-electron chi connectivity index (χ0n) is 25.2. The Balaban J connectivity index is 1.30. The molecular formula is C34H22N4O10S2. The van der Waals surface area contributed by atoms with E-state index in [-0.39, 0.29) is 56.1 Å². The number of benzene rings is 5. The van der Waals surface area contributed by atoms with Crippen LogP contribution in [0.1, 0.15) is 63.7 Å². The lowest BCUT2D eigenvalue weighted by Crippen LogP contribution is -2.25. The van der Waals surface area contributed by atoms with Crippen LogP contribution in [0.4, 0.5) is 34.1 Å². The maximum Gasteiger partial charge on any atom is 0.296 e. The highest BCUT2D eigenvalue weighted by Gasteiger charge is 2.38. The number of hydrogen-bond donors (Lipinski definition) is 6. The third-order valence-electron chi connectivity index (χ3n) is 8.40. The smallest absolute Gasteiger partial charge is 0.296 e. The van der Waals surface area contributed by atoms with Gasteiger partial charge < -0.3 is 22.1 Å². The summed E-state index contributed by atoms with van der Waals surface area (Å²) >= 11 is 0. The van der Waals surface area contributed by atoms with Gasteiger partial charge in [0, 0.05) is 33.6 Å². The van der Waals surface area contributed by atoms with Crippen LogP contribution in [0.5, 0.6) is 0 Å². The molecule has 0 aromatic heterocycles. The molecule has 8 N–H and O–H groups in total. The molecule has 2 aliphatic carbocycles. The summed E-state index contributed by atoms with van der Waals surface area (Å²) in [6.07, 6.45) is 0. The van der Waals surface area contributed by atoms with E-state index < -0.39 is 75.7 Å². The Morgan fingerprint density at radius 2 is 0.740 bits per heavy atom. The van der Waals surface area contributed by atoms with Gasteiger partial charge in [-0.25, -0.2) is 0 Å². The van der Waals surface area contributed by atoms with Crippen molar-refractivity contribution in [3.8, 4) is 0 Å². The molecule has 16 heteroatoms. The molecule has 0 saturated heterocycles. The number of anilines is 6. The molecule has 0 amide bonds. The Hall–Kier alpha value is -6.20. The van der Waals surface area contributed by atoms with Crippen molar-refractivity contribution in [2.75, 3.05) is 22.1 Å². The molecule has 14 nitrogen and oxygen atoms in total. The average Bonchev–Trinajstić information content (AvgIpc) is 3.07. The minimum atomic E-state index is -4.95. The van der Waals surface area contributed by atoms with E-state index in [1.807, 2.05) is 0 Å². The van der Waals surface area contributed by atoms with Crippen LogP contribution < -0.4 is 22.1 Å². The quantitative estimate of drug-likeness (QED) is 0.103. The third kappa shape index (κ3) is 5.01. The molecule has 7 rings (SSSR count). The first-order valence-corrected chi connectivity index (χ1v) is 17.3. The summed E-state index contributed by atoms with van der Waals surface area (Å²) < 4.78 is 68.8. The predicted octanol–water partition coefficient (Wildman–Crippen LogP) is 4.38. The Kier molecular flexibility index (Phi) is 7.23. The molecule has 0 spiro atoms. The Labute approximate surface area is 283 Å². The second-order valence-corrected chi connectivity index (χ2v) is 14.1. The molecule has 0 fully saturated rings. The molecule has 250 valence electrons. The van der Waals surface area contributed by atoms with Crippen LogP contribution in [-0.4, -0.2) is 49.1 Å². The number of nitrogens with two attached hydrogens (primary N) is 2. The van der Waals surface area contributed by atoms with Gasteiger partial charge in [0.25, 0.3) is 20.2 Å². The molecule has 0 unspecified atom stereocenters. The number of carbonyl (C=O) groups excluding carboxylic acids is 4. The van der Waals surface area contributed by atoms with E-state index in [0.29, 0.717) is 0 Å². The molecule has 5 aromatic rings. The van der Waals surface area contributed by atoms with Crippen LogP contribution in [0.25, 0.3) is 0 Å². The van der Waals surface area contributed by atoms with Crippen LogP contribution >= 0.6 is 0 Å². The first kappa shape index (κ1) is 32.4. The largest absolute Gasteiger partial charge is 0.397 e. The van der Waals surface area contributed by atoms with Gasteiger partial charge in [-0.05, 0) is 36.4 Å². The van der Waals surface area contributed by atoms with E-state index >= 15 is 0 Å². The van der Waals surface area contributed by atoms with Crippen molar-refractivity contribution in [1.29, 1.82) is 0 Å². The van der Waals surface area contributed by atoms with Crippen LogP contribution in [0, 0.1) is 0 Å². The van der Waals surface area contributed by atoms with Crippen molar-refractivity contribution < 1.29 is 45.1 Å². The highest BCUT2D eigenvalue weighted by Crippen LogP contribution is 2.42. The number of nitrogen functional groups attached to an aromatic ring is 2. The minimum absolute atomic E-state index is 0.0104. The molecule has 0 aliphatic heterocycles. The molecule has 0 atom stereocenters. The van der Waals surface area contributed by atoms with E-state index in [0.717, 1.165) is 12.1 Å². The fourth-order valence-electron chi connectivity index (χ4n) is 6.16. The monoisotopic (exact) mass is 710 g/mol. The van der Waals surface area contributed by atoms with Crippen molar-refractivity contribution in [2.24, 2.45) is 0 Å². The fourth-order valence-corrected chi connectivity index (χ4v) is 7.45. The first-order valence-electron chi connectivity index (χ1n) is 14.5. The van der Waals surface area contributed by atoms with Crippen molar-refractivity contribution in [3.05, 3.63) is 129 Å². The second kappa shape index (κ2) is 11.2. The standard InChI is InChI=1S/C34H22N4O10S2/c35-29-23(49(43,44)45)13-21(25-27(29)33(41)19-7-3-1-5-17(19)31(25)39)37-15-9-11-16(12-10-15)38-22-14-24(50(46,47)48)30(36)28-26(22)32(40)18-6-2-4-8-20(18)34(28)42/h1-14,37-38H,35-36H2,(H,43,44,45)(H,46,47,48). The summed E-state index contributed by atoms with van der Waals surface area (Å²) in [7, 11) is -9.91. The first-order chi connectivity index (χ1) is 23.6. The summed E-state index contributed by atoms with van der Waals surface area (Å²) in [6, 6.07) is 19.6. The van der Waals surface area contributed by atoms with Crippen LogP contribution in [0.3, 0.4) is 0 Å². The van der Waals surface area contributed by atoms with Gasteiger partial charge in [0.15, 0.2) is 23.1 Å². The maximum atomic E-state index is 13.6. The summed E-state index contributed by atoms with van der Waals surface area (Å²) in [5.74, 6) is -2.67. The minimum Gasteiger partial charge on any atom is -0.397 e. The Morgan fingerprint density at radius 1 is 0.460 bits per heavy atom. The zero-order valence-corrected chi connectivity index (χ0v) is 26.8. The van der Waals surface area contributed by atoms with Crippen LogP contribution in [0.2, 0.25) is 0 Å². The van der Waals surface area contributed by atoms with Gasteiger partial charge in [0.1, 0.15) is 9.79 Å². The summed E-state index contributed by atoms with van der Waals surface area (Å²) in [5, 5.41) is 5.79. The molecule has 0 heterocycles. The Morgan fingerprint density at radius 3 is 1.02 bits per heavy atom. The van der Waals surface area contributed by atoms with E-state index in [4.69, 9.17) is 11.5 Å². The van der Waals surface area contributed by atoms with Gasteiger partial charge in [0.05, 0.1) is 45.0 Å². The summed E-state index contributed by atoms with van der Waals surface area (Å²) in [5.41, 5.74) is 10.0. The van der Waals surface area contributed by atoms with Crippen molar-refractivity contribution >= 4 is 77.5 Å². The molecule has 2 aliphatic rings. The second-order valence-electron chi connectivity index (χ2n) is 11.4. The lowest BCUT2D eigenvalue weighted by molar-refractivity contribution is 0.0980. The van der Waals surface area contributed by atoms with Gasteiger partial charge in [-0.2, -0.15) is 16.8 Å². The molecule has 0 saturated carbocycles. The van der Waals surface area contributed by atoms with E-state index in [2.05, 4.69) is 10.6 Å². The summed E-state index contributed by atoms with van der Waals surface area (Å²) in [6.45, 7) is 0. The normalized spacial score (nSPS) is 13.6. The third-order valence-corrected chi connectivity index (χ3v) is 10.2. The highest BCUT2D eigenvalue weighted by atomic mass is 32.2. The van der Waals surface area contributed by atoms with Gasteiger partial charge in [-0.15, -0.1) is 0 Å². The number of carbonyl (C=O) groups is 4. The van der Waals surface area contributed by atoms with Gasteiger partial charge in [0.2, 0.25) is 0 Å². The van der Waals surface area contributed by atoms with Crippen LogP contribution in [-0.2, 0) is 20.2 Å². The zero-order chi connectivity index (χ0) is 35.9.